The van der Waals surface area contributed by atoms with E-state index < -0.39 is 81.3 Å². The van der Waals surface area contributed by atoms with Gasteiger partial charge in [0.25, 0.3) is 35.2 Å². The standard InChI is InChI=1S/C31H27N11O11S3/c1-10-6-14(42-30(33-10)36-21(39-42)27(50)51)20(54)12-8-55-25-18(24(47)41(25)19(12)26(48)49)35-23(46)17(13-9-56-29(32)34-13)40-53-31(2,3)28(52)38-37-22(45)11-4-5-15(43)16(44)7-11/h4-7,9,18,25,43-44H,8H2,1-3H3,(H2,32,34)(H,35,46)(H,37,45)(H,38,52)(H,48,49)(H,50,51)/t18?,25-/m0/s1. The van der Waals surface area contributed by atoms with Crippen LogP contribution < -0.4 is 21.9 Å². The highest BCUT2D eigenvalue weighted by molar-refractivity contribution is 8.00. The van der Waals surface area contributed by atoms with E-state index >= 15 is 0 Å². The van der Waals surface area contributed by atoms with Crippen LogP contribution in [0.4, 0.5) is 5.13 Å². The summed E-state index contributed by atoms with van der Waals surface area (Å²) in [4.78, 5) is 95.2. The van der Waals surface area contributed by atoms with Gasteiger partial charge in [-0.25, -0.2) is 19.6 Å². The van der Waals surface area contributed by atoms with E-state index in [9.17, 15) is 49.2 Å². The van der Waals surface area contributed by atoms with Gasteiger partial charge in [0, 0.05) is 28.0 Å². The van der Waals surface area contributed by atoms with E-state index in [-0.39, 0.29) is 44.1 Å². The van der Waals surface area contributed by atoms with Crippen molar-refractivity contribution in [2.75, 3.05) is 11.5 Å². The van der Waals surface area contributed by atoms with Gasteiger partial charge in [-0.2, -0.15) is 9.50 Å². The maximum Gasteiger partial charge on any atom is 0.375 e. The first-order valence-corrected chi connectivity index (χ1v) is 18.1. The first-order chi connectivity index (χ1) is 26.4. The second kappa shape index (κ2) is 14.8. The van der Waals surface area contributed by atoms with Crippen LogP contribution in [0, 0.1) is 6.92 Å². The van der Waals surface area contributed by atoms with E-state index in [2.05, 4.69) is 41.4 Å². The number of nitrogens with two attached hydrogens (primary N) is 1. The van der Waals surface area contributed by atoms with Crippen LogP contribution in [0.2, 0.25) is 0 Å². The summed E-state index contributed by atoms with van der Waals surface area (Å²) in [6, 6.07) is 3.43. The lowest BCUT2D eigenvalue weighted by molar-refractivity contribution is -0.150. The number of β-lactam (4-membered cyclic amide) rings is 1. The third-order valence-corrected chi connectivity index (χ3v) is 10.4. The van der Waals surface area contributed by atoms with Crippen molar-refractivity contribution in [3.63, 3.8) is 0 Å². The Morgan fingerprint density at radius 2 is 1.79 bits per heavy atom. The molecule has 1 saturated heterocycles. The van der Waals surface area contributed by atoms with Crippen LogP contribution in [0.3, 0.4) is 0 Å². The Balaban J connectivity index is 1.19. The van der Waals surface area contributed by atoms with Crippen molar-refractivity contribution in [3.05, 3.63) is 69.4 Å². The molecular formula is C31H27N11O11S3. The van der Waals surface area contributed by atoms with E-state index in [4.69, 9.17) is 22.8 Å². The van der Waals surface area contributed by atoms with Crippen molar-refractivity contribution in [2.45, 2.75) is 37.8 Å². The summed E-state index contributed by atoms with van der Waals surface area (Å²) in [5.41, 5.74) is 7.59. The van der Waals surface area contributed by atoms with E-state index in [0.29, 0.717) is 5.69 Å². The molecule has 9 N–H and O–H groups in total. The van der Waals surface area contributed by atoms with Gasteiger partial charge >= 0.3 is 11.9 Å². The number of aromatic carboxylic acids is 1. The number of phenols is 2. The lowest BCUT2D eigenvalue weighted by Gasteiger charge is -2.49. The molecule has 5 heterocycles. The quantitative estimate of drug-likeness (QED) is 0.0240. The third-order valence-electron chi connectivity index (χ3n) is 8.01. The molecule has 6 rings (SSSR count). The molecule has 56 heavy (non-hydrogen) atoms. The Bertz CT molecular complexity index is 2460. The summed E-state index contributed by atoms with van der Waals surface area (Å²) in [5, 5.41) is 49.6. The number of nitrogens with one attached hydrogen (secondary N) is 3. The molecule has 4 aromatic rings. The molecule has 2 atom stereocenters. The second-order valence-corrected chi connectivity index (χ2v) is 14.7. The first-order valence-electron chi connectivity index (χ1n) is 15.7. The highest BCUT2D eigenvalue weighted by Gasteiger charge is 2.55. The molecule has 3 aromatic heterocycles. The normalized spacial score (nSPS) is 16.8. The molecule has 0 aliphatic carbocycles. The van der Waals surface area contributed by atoms with E-state index in [1.165, 1.54) is 31.4 Å². The average molecular weight is 826 g/mol. The van der Waals surface area contributed by atoms with Gasteiger partial charge in [-0.05, 0) is 45.0 Å². The Morgan fingerprint density at radius 3 is 2.43 bits per heavy atom. The number of nitrogens with zero attached hydrogens (tertiary/aromatic N) is 7. The number of hydrogen-bond acceptors (Lipinski definition) is 18. The van der Waals surface area contributed by atoms with Gasteiger partial charge in [0.1, 0.15) is 22.8 Å². The highest BCUT2D eigenvalue weighted by Crippen LogP contribution is 2.41. The number of aromatic nitrogens is 5. The molecule has 1 aromatic carbocycles. The first kappa shape index (κ1) is 39.0. The lowest BCUT2D eigenvalue weighted by Crippen LogP contribution is -2.71. The minimum absolute atomic E-state index is 0.0423. The number of hydrazine groups is 1. The van der Waals surface area contributed by atoms with Gasteiger partial charge in [0.2, 0.25) is 5.60 Å². The number of anilines is 1. The lowest BCUT2D eigenvalue weighted by atomic mass is 10.00. The number of thiocarbonyl (C=S) groups is 1. The maximum absolute atomic E-state index is 13.7. The molecule has 0 spiro atoms. The average Bonchev–Trinajstić information content (AvgIpc) is 3.78. The fourth-order valence-corrected chi connectivity index (χ4v) is 7.51. The van der Waals surface area contributed by atoms with Crippen LogP contribution in [-0.4, -0.2) is 119 Å². The zero-order chi connectivity index (χ0) is 40.8. The number of oxime groups is 1. The number of phenolic OH excluding ortho intramolecular Hbond substituents is 2. The number of thiazole rings is 1. The number of nitrogen functional groups attached to an aromatic ring is 1. The zero-order valence-electron chi connectivity index (χ0n) is 28.8. The third kappa shape index (κ3) is 7.36. The predicted molar refractivity (Wildman–Crippen MR) is 197 cm³/mol. The number of carbonyl (C=O) groups excluding carboxylic acids is 4. The van der Waals surface area contributed by atoms with Crippen LogP contribution in [0.25, 0.3) is 5.78 Å². The smallest absolute Gasteiger partial charge is 0.375 e. The van der Waals surface area contributed by atoms with Gasteiger partial charge in [-0.3, -0.25) is 34.9 Å². The number of fused-ring (bicyclic) bond motifs is 2. The van der Waals surface area contributed by atoms with E-state index in [0.717, 1.165) is 44.6 Å². The molecule has 0 radical (unpaired) electrons. The Morgan fingerprint density at radius 1 is 1.05 bits per heavy atom. The van der Waals surface area contributed by atoms with E-state index in [1.54, 1.807) is 6.92 Å². The molecule has 2 aliphatic rings. The van der Waals surface area contributed by atoms with E-state index in [1.807, 2.05) is 0 Å². The van der Waals surface area contributed by atoms with Crippen molar-refractivity contribution in [1.29, 1.82) is 0 Å². The summed E-state index contributed by atoms with van der Waals surface area (Å²) in [6.45, 7) is 4.11. The predicted octanol–water partition coefficient (Wildman–Crippen LogP) is -0.302. The minimum Gasteiger partial charge on any atom is -0.504 e. The number of aryl methyl sites for hydroxylation is 1. The summed E-state index contributed by atoms with van der Waals surface area (Å²) in [6.07, 6.45) is 0. The summed E-state index contributed by atoms with van der Waals surface area (Å²) in [5.74, 6) is -8.24. The molecule has 4 amide bonds. The molecule has 2 aliphatic heterocycles. The minimum atomic E-state index is -1.85. The number of rotatable bonds is 11. The summed E-state index contributed by atoms with van der Waals surface area (Å²) < 4.78 is 1.07. The molecule has 22 nitrogen and oxygen atoms in total. The molecule has 290 valence electrons. The zero-order valence-corrected chi connectivity index (χ0v) is 31.3. The SMILES string of the molecule is Cc1cc(C(=S)C2=C(C(=O)O)N3C(=O)C(NC(=O)C(=NOC(C)(C)C(=O)NNC(=O)c4ccc(O)c(O)c4)c4csc(N)n4)[C@@H]3SC2)n2nc(C(=O)O)nc2n1. The van der Waals surface area contributed by atoms with Crippen LogP contribution in [-0.2, 0) is 24.0 Å². The van der Waals surface area contributed by atoms with Gasteiger partial charge in [-0.1, -0.05) is 17.4 Å². The number of hydrogen-bond donors (Lipinski definition) is 8. The molecular weight excluding hydrogens is 799 g/mol. The van der Waals surface area contributed by atoms with Crippen LogP contribution in [0.15, 0.2) is 46.1 Å². The number of carbonyl (C=O) groups is 6. The van der Waals surface area contributed by atoms with Crippen molar-refractivity contribution in [1.82, 2.24) is 45.6 Å². The highest BCUT2D eigenvalue weighted by atomic mass is 32.2. The molecule has 0 saturated carbocycles. The largest absolute Gasteiger partial charge is 0.504 e. The number of thioether (sulfide) groups is 1. The van der Waals surface area contributed by atoms with Crippen LogP contribution in [0.5, 0.6) is 11.5 Å². The molecule has 1 fully saturated rings. The fourth-order valence-electron chi connectivity index (χ4n) is 5.20. The molecule has 25 heteroatoms. The van der Waals surface area contributed by atoms with Gasteiger partial charge in [0.15, 0.2) is 22.3 Å². The Hall–Kier alpha value is -6.73. The topological polar surface area (TPSA) is 326 Å². The number of benzene rings is 1. The van der Waals surface area contributed by atoms with Gasteiger partial charge in [-0.15, -0.1) is 28.2 Å². The number of carboxylic acids is 2. The van der Waals surface area contributed by atoms with Gasteiger partial charge in [0.05, 0.1) is 10.6 Å². The van der Waals surface area contributed by atoms with Crippen molar-refractivity contribution < 1.29 is 54.0 Å². The van der Waals surface area contributed by atoms with Crippen LogP contribution in [0.1, 0.15) is 51.9 Å². The van der Waals surface area contributed by atoms with Crippen LogP contribution >= 0.6 is 35.3 Å². The number of aromatic hydroxyl groups is 2. The fraction of sp³-hybridized carbons (Fsp3) is 0.226. The summed E-state index contributed by atoms with van der Waals surface area (Å²) >= 11 is 7.70. The number of aliphatic carboxylic acids is 1. The number of carboxylic acid groups (broad SMARTS) is 2. The Labute approximate surface area is 326 Å². The second-order valence-electron chi connectivity index (χ2n) is 12.3. The Kier molecular flexibility index (Phi) is 10.3. The van der Waals surface area contributed by atoms with Crippen molar-refractivity contribution >= 4 is 92.4 Å². The van der Waals surface area contributed by atoms with Crippen molar-refractivity contribution in [3.8, 4) is 11.5 Å². The molecule has 1 unspecified atom stereocenters. The maximum atomic E-state index is 13.7. The molecule has 0 bridgehead atoms. The number of amides is 4. The van der Waals surface area contributed by atoms with Crippen molar-refractivity contribution in [2.24, 2.45) is 5.16 Å². The monoisotopic (exact) mass is 825 g/mol. The summed E-state index contributed by atoms with van der Waals surface area (Å²) in [7, 11) is 0. The van der Waals surface area contributed by atoms with Gasteiger partial charge < -0.3 is 36.3 Å².